The largest absolute Gasteiger partial charge is 0.479 e. The molecule has 1 saturated heterocycles. The van der Waals surface area contributed by atoms with E-state index in [1.54, 1.807) is 6.07 Å². The van der Waals surface area contributed by atoms with E-state index < -0.39 is 53.2 Å². The Kier molecular flexibility index (Phi) is 6.60. The highest BCUT2D eigenvalue weighted by Crippen LogP contribution is 2.61. The number of carboxylic acids is 1. The molecule has 3 aliphatic carbocycles. The summed E-state index contributed by atoms with van der Waals surface area (Å²) in [6.45, 7) is 2.06. The van der Waals surface area contributed by atoms with Crippen LogP contribution >= 0.6 is 0 Å². The maximum Gasteiger partial charge on any atom is 0.397 e. The van der Waals surface area contributed by atoms with Crippen LogP contribution in [0.5, 0.6) is 5.75 Å². The molecule has 36 heavy (non-hydrogen) atoms. The molecular weight excluding hydrogens is 496 g/mol. The molecule has 5 N–H and O–H groups in total. The number of rotatable bonds is 5. The maximum atomic E-state index is 11.4. The predicted octanol–water partition coefficient (Wildman–Crippen LogP) is 1.00. The summed E-state index contributed by atoms with van der Waals surface area (Å²) in [5.74, 6) is -0.200. The van der Waals surface area contributed by atoms with Crippen molar-refractivity contribution >= 4 is 16.4 Å². The number of aliphatic hydroxyl groups excluding tert-OH is 3. The Balaban J connectivity index is 1.32. The molecule has 10 atom stereocenters. The molecule has 4 aliphatic rings. The van der Waals surface area contributed by atoms with Crippen molar-refractivity contribution in [1.29, 1.82) is 0 Å². The molecule has 3 fully saturated rings. The van der Waals surface area contributed by atoms with Crippen LogP contribution in [0.2, 0.25) is 0 Å². The van der Waals surface area contributed by atoms with Crippen LogP contribution in [0, 0.1) is 17.3 Å². The van der Waals surface area contributed by atoms with Gasteiger partial charge in [-0.05, 0) is 85.0 Å². The van der Waals surface area contributed by atoms with Gasteiger partial charge in [-0.3, -0.25) is 4.55 Å². The van der Waals surface area contributed by atoms with E-state index in [0.29, 0.717) is 18.1 Å². The van der Waals surface area contributed by atoms with Crippen molar-refractivity contribution in [3.63, 3.8) is 0 Å². The monoisotopic (exact) mass is 528 g/mol. The minimum Gasteiger partial charge on any atom is -0.479 e. The van der Waals surface area contributed by atoms with Crippen molar-refractivity contribution in [2.24, 2.45) is 17.3 Å². The van der Waals surface area contributed by atoms with Gasteiger partial charge in [-0.25, -0.2) is 8.98 Å². The summed E-state index contributed by atoms with van der Waals surface area (Å²) in [4.78, 5) is 11.3. The second-order valence-electron chi connectivity index (χ2n) is 10.8. The summed E-state index contributed by atoms with van der Waals surface area (Å²) in [6.07, 6.45) is -4.17. The Labute approximate surface area is 208 Å². The summed E-state index contributed by atoms with van der Waals surface area (Å²) >= 11 is 0. The minimum absolute atomic E-state index is 0.277. The first-order valence-electron chi connectivity index (χ1n) is 12.3. The number of hydrogen-bond donors (Lipinski definition) is 5. The summed E-state index contributed by atoms with van der Waals surface area (Å²) in [5, 5.41) is 39.4. The molecule has 0 radical (unpaired) electrons. The number of fused-ring (bicyclic) bond motifs is 5. The van der Waals surface area contributed by atoms with Crippen molar-refractivity contribution in [2.45, 2.75) is 88.2 Å². The first-order valence-corrected chi connectivity index (χ1v) is 13.6. The van der Waals surface area contributed by atoms with Gasteiger partial charge in [-0.15, -0.1) is 0 Å². The molecule has 0 spiro atoms. The predicted molar refractivity (Wildman–Crippen MR) is 122 cm³/mol. The number of aryl methyl sites for hydroxylation is 1. The number of aliphatic carboxylic acids is 1. The Morgan fingerprint density at radius 1 is 1.08 bits per heavy atom. The van der Waals surface area contributed by atoms with E-state index in [9.17, 15) is 38.2 Å². The van der Waals surface area contributed by atoms with E-state index >= 15 is 0 Å². The summed E-state index contributed by atoms with van der Waals surface area (Å²) in [6, 6.07) is 5.51. The van der Waals surface area contributed by atoms with E-state index in [1.165, 1.54) is 5.56 Å². The maximum absolute atomic E-state index is 11.4. The second kappa shape index (κ2) is 9.19. The van der Waals surface area contributed by atoms with Crippen LogP contribution in [-0.2, 0) is 30.5 Å². The lowest BCUT2D eigenvalue weighted by Gasteiger charge is -2.50. The Morgan fingerprint density at radius 3 is 2.53 bits per heavy atom. The van der Waals surface area contributed by atoms with E-state index in [0.717, 1.165) is 37.7 Å². The molecule has 0 aromatic heterocycles. The minimum atomic E-state index is -4.51. The molecule has 1 heterocycles. The molecular formula is C24H32O11S. The van der Waals surface area contributed by atoms with Gasteiger partial charge in [0.05, 0.1) is 6.10 Å². The van der Waals surface area contributed by atoms with Gasteiger partial charge in [-0.1, -0.05) is 13.0 Å². The van der Waals surface area contributed by atoms with Gasteiger partial charge < -0.3 is 29.9 Å². The fourth-order valence-electron chi connectivity index (χ4n) is 7.17. The van der Waals surface area contributed by atoms with Gasteiger partial charge in [0.25, 0.3) is 0 Å². The van der Waals surface area contributed by atoms with Crippen LogP contribution in [0.25, 0.3) is 0 Å². The van der Waals surface area contributed by atoms with Crippen molar-refractivity contribution in [3.8, 4) is 5.75 Å². The molecule has 0 amide bonds. The van der Waals surface area contributed by atoms with Gasteiger partial charge in [0.2, 0.25) is 6.29 Å². The Morgan fingerprint density at radius 2 is 1.83 bits per heavy atom. The van der Waals surface area contributed by atoms with Crippen LogP contribution in [0.1, 0.15) is 56.1 Å². The zero-order chi connectivity index (χ0) is 26.0. The molecule has 1 aromatic rings. The van der Waals surface area contributed by atoms with Crippen molar-refractivity contribution in [3.05, 3.63) is 29.3 Å². The summed E-state index contributed by atoms with van der Waals surface area (Å²) in [7, 11) is -4.51. The normalized spacial score (nSPS) is 42.2. The van der Waals surface area contributed by atoms with Gasteiger partial charge in [0, 0.05) is 0 Å². The smallest absolute Gasteiger partial charge is 0.397 e. The highest BCUT2D eigenvalue weighted by Gasteiger charge is 2.56. The molecule has 0 bridgehead atoms. The topological polar surface area (TPSA) is 180 Å². The van der Waals surface area contributed by atoms with Crippen LogP contribution in [-0.4, -0.2) is 76.2 Å². The highest BCUT2D eigenvalue weighted by molar-refractivity contribution is 7.80. The Bertz CT molecular complexity index is 1120. The number of ether oxygens (including phenoxy) is 2. The lowest BCUT2D eigenvalue weighted by Crippen LogP contribution is -2.61. The van der Waals surface area contributed by atoms with Crippen molar-refractivity contribution in [1.82, 2.24) is 0 Å². The highest BCUT2D eigenvalue weighted by atomic mass is 32.3. The van der Waals surface area contributed by atoms with Crippen LogP contribution in [0.3, 0.4) is 0 Å². The van der Waals surface area contributed by atoms with Crippen LogP contribution in [0.15, 0.2) is 18.2 Å². The molecule has 2 saturated carbocycles. The molecule has 11 nitrogen and oxygen atoms in total. The molecule has 12 heteroatoms. The molecule has 5 rings (SSSR count). The molecule has 0 unspecified atom stereocenters. The third kappa shape index (κ3) is 4.42. The first-order chi connectivity index (χ1) is 16.9. The Hall–Kier alpha value is -1.80. The van der Waals surface area contributed by atoms with Crippen LogP contribution < -0.4 is 4.74 Å². The average Bonchev–Trinajstić information content (AvgIpc) is 3.13. The quantitative estimate of drug-likeness (QED) is 0.344. The van der Waals surface area contributed by atoms with Crippen molar-refractivity contribution in [2.75, 3.05) is 0 Å². The van der Waals surface area contributed by atoms with Gasteiger partial charge in [0.15, 0.2) is 6.10 Å². The van der Waals surface area contributed by atoms with E-state index in [2.05, 4.69) is 6.92 Å². The summed E-state index contributed by atoms with van der Waals surface area (Å²) < 4.78 is 48.0. The standard InChI is InChI=1S/C24H32O11S/c1-24-9-8-14-13-5-3-12(33-23-20(27)18(25)19(26)21(34-23)22(28)29)10-11(13)2-4-15(14)16(24)6-7-17(24)35-36(30,31)32/h3,5,10,14-21,23,25-27H,2,4,6-9H2,1H3,(H,28,29)(H,30,31,32)/t14-,15-,16+,17+,18+,19+,20-,21+,23+,24+/m1/s1. The lowest BCUT2D eigenvalue weighted by molar-refractivity contribution is -0.271. The van der Waals surface area contributed by atoms with E-state index in [4.69, 9.17) is 13.7 Å². The fourth-order valence-corrected chi connectivity index (χ4v) is 7.78. The second-order valence-corrected chi connectivity index (χ2v) is 11.8. The molecule has 1 aliphatic heterocycles. The average molecular weight is 529 g/mol. The SMILES string of the molecule is C[C@]12CC[C@@H]3c4ccc(O[C@H]5O[C@H](C(=O)O)[C@@H](O)[C@H](O)[C@H]5O)cc4CC[C@H]3[C@@H]1CC[C@@H]2OS(=O)(=O)O. The van der Waals surface area contributed by atoms with Gasteiger partial charge >= 0.3 is 16.4 Å². The summed E-state index contributed by atoms with van der Waals surface area (Å²) in [5.41, 5.74) is 1.93. The number of carboxylic acid groups (broad SMARTS) is 1. The number of hydrogen-bond acceptors (Lipinski definition) is 9. The van der Waals surface area contributed by atoms with E-state index in [1.807, 2.05) is 12.1 Å². The van der Waals surface area contributed by atoms with Gasteiger partial charge in [-0.2, -0.15) is 8.42 Å². The third-order valence-electron chi connectivity index (χ3n) is 8.91. The zero-order valence-corrected chi connectivity index (χ0v) is 20.6. The van der Waals surface area contributed by atoms with Crippen LogP contribution in [0.4, 0.5) is 0 Å². The zero-order valence-electron chi connectivity index (χ0n) is 19.8. The number of carbonyl (C=O) groups is 1. The van der Waals surface area contributed by atoms with E-state index in [-0.39, 0.29) is 17.3 Å². The first kappa shape index (κ1) is 25.8. The van der Waals surface area contributed by atoms with Crippen molar-refractivity contribution < 1.29 is 51.8 Å². The molecule has 1 aromatic carbocycles. The lowest BCUT2D eigenvalue weighted by atomic mass is 9.55. The number of aliphatic hydroxyl groups is 3. The fraction of sp³-hybridized carbons (Fsp3) is 0.708. The third-order valence-corrected chi connectivity index (χ3v) is 9.39. The van der Waals surface area contributed by atoms with Gasteiger partial charge in [0.1, 0.15) is 24.1 Å². The number of benzene rings is 1. The molecule has 200 valence electrons.